The number of rotatable bonds is 3. The Labute approximate surface area is 103 Å². The fraction of sp³-hybridized carbons (Fsp3) is 0.692. The van der Waals surface area contributed by atoms with Gasteiger partial charge in [-0.2, -0.15) is 10.4 Å². The van der Waals surface area contributed by atoms with E-state index in [-0.39, 0.29) is 5.92 Å². The van der Waals surface area contributed by atoms with Crippen LogP contribution in [0, 0.1) is 17.2 Å². The molecule has 4 nitrogen and oxygen atoms in total. The van der Waals surface area contributed by atoms with Crippen LogP contribution in [0.2, 0.25) is 0 Å². The fourth-order valence-corrected chi connectivity index (χ4v) is 2.28. The molecule has 1 aromatic rings. The predicted octanol–water partition coefficient (Wildman–Crippen LogP) is 2.20. The summed E-state index contributed by atoms with van der Waals surface area (Å²) in [4.78, 5) is 2.34. The summed E-state index contributed by atoms with van der Waals surface area (Å²) in [5.41, 5.74) is 1.11. The minimum absolute atomic E-state index is 0.205. The molecule has 0 aliphatic carbocycles. The van der Waals surface area contributed by atoms with Crippen molar-refractivity contribution in [3.8, 4) is 6.07 Å². The van der Waals surface area contributed by atoms with E-state index in [4.69, 9.17) is 5.26 Å². The summed E-state index contributed by atoms with van der Waals surface area (Å²) in [6.45, 7) is 7.11. The Hall–Kier alpha value is -1.34. The second-order valence-electron chi connectivity index (χ2n) is 5.08. The van der Waals surface area contributed by atoms with Crippen LogP contribution in [0.4, 0.5) is 0 Å². The molecule has 17 heavy (non-hydrogen) atoms. The van der Waals surface area contributed by atoms with Crippen LogP contribution in [0.5, 0.6) is 0 Å². The minimum Gasteiger partial charge on any atom is -0.296 e. The number of nitriles is 1. The van der Waals surface area contributed by atoms with Gasteiger partial charge in [0.2, 0.25) is 0 Å². The largest absolute Gasteiger partial charge is 0.296 e. The van der Waals surface area contributed by atoms with Crippen LogP contribution in [0.15, 0.2) is 12.3 Å². The number of piperidine rings is 1. The summed E-state index contributed by atoms with van der Waals surface area (Å²) >= 11 is 0. The van der Waals surface area contributed by atoms with E-state index in [2.05, 4.69) is 36.0 Å². The Kier molecular flexibility index (Phi) is 3.80. The van der Waals surface area contributed by atoms with E-state index in [9.17, 15) is 0 Å². The Morgan fingerprint density at radius 2 is 2.41 bits per heavy atom. The summed E-state index contributed by atoms with van der Waals surface area (Å²) in [5.74, 6) is 0.205. The number of aromatic nitrogens is 2. The van der Waals surface area contributed by atoms with Gasteiger partial charge in [-0.25, -0.2) is 0 Å². The van der Waals surface area contributed by atoms with E-state index >= 15 is 0 Å². The van der Waals surface area contributed by atoms with Gasteiger partial charge in [0.05, 0.1) is 17.7 Å². The maximum absolute atomic E-state index is 8.96. The molecule has 0 bridgehead atoms. The molecule has 1 unspecified atom stereocenters. The Morgan fingerprint density at radius 3 is 3.06 bits per heavy atom. The first-order valence-electron chi connectivity index (χ1n) is 6.35. The van der Waals surface area contributed by atoms with Gasteiger partial charge in [-0.05, 0) is 39.3 Å². The second-order valence-corrected chi connectivity index (χ2v) is 5.08. The van der Waals surface area contributed by atoms with Crippen molar-refractivity contribution in [1.29, 1.82) is 5.26 Å². The summed E-state index contributed by atoms with van der Waals surface area (Å²) in [7, 11) is 0. The van der Waals surface area contributed by atoms with Crippen LogP contribution in [0.25, 0.3) is 0 Å². The summed E-state index contributed by atoms with van der Waals surface area (Å²) in [6.07, 6.45) is 4.21. The van der Waals surface area contributed by atoms with Crippen LogP contribution in [-0.4, -0.2) is 27.8 Å². The SMILES string of the molecule is CC(C)n1ccc(CN2CCCC(C#N)C2)n1. The van der Waals surface area contributed by atoms with Gasteiger partial charge in [-0.15, -0.1) is 0 Å². The number of nitrogens with zero attached hydrogens (tertiary/aromatic N) is 4. The molecule has 2 heterocycles. The lowest BCUT2D eigenvalue weighted by atomic mass is 10.00. The highest BCUT2D eigenvalue weighted by atomic mass is 15.3. The zero-order chi connectivity index (χ0) is 12.3. The third-order valence-corrected chi connectivity index (χ3v) is 3.27. The van der Waals surface area contributed by atoms with Gasteiger partial charge in [-0.1, -0.05) is 0 Å². The standard InChI is InChI=1S/C13H20N4/c1-11(2)17-7-5-13(15-17)10-16-6-3-4-12(8-14)9-16/h5,7,11-12H,3-4,6,9-10H2,1-2H3. The van der Waals surface area contributed by atoms with E-state index < -0.39 is 0 Å². The lowest BCUT2D eigenvalue weighted by Gasteiger charge is -2.28. The maximum atomic E-state index is 8.96. The first-order valence-corrected chi connectivity index (χ1v) is 6.35. The maximum Gasteiger partial charge on any atom is 0.0764 e. The topological polar surface area (TPSA) is 44.9 Å². The highest BCUT2D eigenvalue weighted by Gasteiger charge is 2.20. The molecule has 1 fully saturated rings. The Balaban J connectivity index is 1.93. The molecule has 1 saturated heterocycles. The summed E-state index contributed by atoms with van der Waals surface area (Å²) in [6, 6.07) is 4.87. The third kappa shape index (κ3) is 3.07. The molecule has 4 heteroatoms. The first kappa shape index (κ1) is 12.1. The molecule has 1 atom stereocenters. The van der Waals surface area contributed by atoms with Crippen molar-refractivity contribution in [1.82, 2.24) is 14.7 Å². The first-order chi connectivity index (χ1) is 8.19. The van der Waals surface area contributed by atoms with E-state index in [1.165, 1.54) is 0 Å². The summed E-state index contributed by atoms with van der Waals surface area (Å²) < 4.78 is 1.99. The van der Waals surface area contributed by atoms with Crippen LogP contribution in [-0.2, 0) is 6.54 Å². The highest BCUT2D eigenvalue weighted by molar-refractivity contribution is 5.00. The molecule has 1 aromatic heterocycles. The van der Waals surface area contributed by atoms with Crippen molar-refractivity contribution in [2.45, 2.75) is 39.3 Å². The molecule has 0 aromatic carbocycles. The van der Waals surface area contributed by atoms with Crippen molar-refractivity contribution in [2.24, 2.45) is 5.92 Å². The lowest BCUT2D eigenvalue weighted by molar-refractivity contribution is 0.189. The Bertz CT molecular complexity index is 402. The average molecular weight is 232 g/mol. The van der Waals surface area contributed by atoms with Crippen LogP contribution >= 0.6 is 0 Å². The van der Waals surface area contributed by atoms with Crippen LogP contribution in [0.3, 0.4) is 0 Å². The van der Waals surface area contributed by atoms with Gasteiger partial charge in [0.15, 0.2) is 0 Å². The van der Waals surface area contributed by atoms with Crippen LogP contribution < -0.4 is 0 Å². The predicted molar refractivity (Wildman–Crippen MR) is 66.2 cm³/mol. The minimum atomic E-state index is 0.205. The van der Waals surface area contributed by atoms with Crippen molar-refractivity contribution < 1.29 is 0 Å². The molecular weight excluding hydrogens is 212 g/mol. The van der Waals surface area contributed by atoms with Crippen molar-refractivity contribution in [2.75, 3.05) is 13.1 Å². The molecular formula is C13H20N4. The van der Waals surface area contributed by atoms with Gasteiger partial charge < -0.3 is 0 Å². The van der Waals surface area contributed by atoms with Crippen molar-refractivity contribution in [3.63, 3.8) is 0 Å². The van der Waals surface area contributed by atoms with Gasteiger partial charge in [0.25, 0.3) is 0 Å². The normalized spacial score (nSPS) is 21.6. The van der Waals surface area contributed by atoms with E-state index in [1.807, 2.05) is 10.9 Å². The van der Waals surface area contributed by atoms with Gasteiger partial charge in [-0.3, -0.25) is 9.58 Å². The van der Waals surface area contributed by atoms with Crippen molar-refractivity contribution in [3.05, 3.63) is 18.0 Å². The average Bonchev–Trinajstić information content (AvgIpc) is 2.78. The number of hydrogen-bond donors (Lipinski definition) is 0. The van der Waals surface area contributed by atoms with E-state index in [0.717, 1.165) is 38.2 Å². The lowest BCUT2D eigenvalue weighted by Crippen LogP contribution is -2.34. The molecule has 0 saturated carbocycles. The number of hydrogen-bond acceptors (Lipinski definition) is 3. The summed E-state index contributed by atoms with van der Waals surface area (Å²) in [5, 5.41) is 13.5. The third-order valence-electron chi connectivity index (χ3n) is 3.27. The van der Waals surface area contributed by atoms with E-state index in [1.54, 1.807) is 0 Å². The molecule has 92 valence electrons. The van der Waals surface area contributed by atoms with Crippen LogP contribution in [0.1, 0.15) is 38.4 Å². The quantitative estimate of drug-likeness (QED) is 0.802. The fourth-order valence-electron chi connectivity index (χ4n) is 2.28. The molecule has 0 spiro atoms. The zero-order valence-corrected chi connectivity index (χ0v) is 10.6. The number of likely N-dealkylation sites (tertiary alicyclic amines) is 1. The van der Waals surface area contributed by atoms with Crippen molar-refractivity contribution >= 4 is 0 Å². The molecule has 1 aliphatic heterocycles. The highest BCUT2D eigenvalue weighted by Crippen LogP contribution is 2.17. The zero-order valence-electron chi connectivity index (χ0n) is 10.6. The Morgan fingerprint density at radius 1 is 1.59 bits per heavy atom. The second kappa shape index (κ2) is 5.33. The van der Waals surface area contributed by atoms with Gasteiger partial charge in [0.1, 0.15) is 0 Å². The smallest absolute Gasteiger partial charge is 0.0764 e. The molecule has 0 N–H and O–H groups in total. The van der Waals surface area contributed by atoms with Gasteiger partial charge in [0, 0.05) is 25.3 Å². The molecule has 1 aliphatic rings. The monoisotopic (exact) mass is 232 g/mol. The molecule has 2 rings (SSSR count). The molecule has 0 radical (unpaired) electrons. The van der Waals surface area contributed by atoms with Gasteiger partial charge >= 0.3 is 0 Å². The molecule has 0 amide bonds. The van der Waals surface area contributed by atoms with E-state index in [0.29, 0.717) is 6.04 Å².